The predicted molar refractivity (Wildman–Crippen MR) is 87.2 cm³/mol. The van der Waals surface area contributed by atoms with E-state index in [0.29, 0.717) is 18.5 Å². The van der Waals surface area contributed by atoms with Crippen LogP contribution in [-0.2, 0) is 6.54 Å². The SMILES string of the molecule is NC(=NCc1cccc(-c2ncn[nH]2)c1)NC1CCCCC1. The van der Waals surface area contributed by atoms with E-state index in [1.165, 1.54) is 38.4 Å². The lowest BCUT2D eigenvalue weighted by Crippen LogP contribution is -2.41. The lowest BCUT2D eigenvalue weighted by molar-refractivity contribution is 0.412. The Morgan fingerprint density at radius 2 is 2.18 bits per heavy atom. The van der Waals surface area contributed by atoms with Gasteiger partial charge in [0.1, 0.15) is 6.33 Å². The highest BCUT2D eigenvalue weighted by Crippen LogP contribution is 2.17. The van der Waals surface area contributed by atoms with Crippen molar-refractivity contribution in [2.24, 2.45) is 10.7 Å². The topological polar surface area (TPSA) is 92.0 Å². The Labute approximate surface area is 130 Å². The van der Waals surface area contributed by atoms with Gasteiger partial charge in [0.25, 0.3) is 0 Å². The van der Waals surface area contributed by atoms with Gasteiger partial charge in [-0.2, -0.15) is 5.10 Å². The monoisotopic (exact) mass is 298 g/mol. The molecule has 0 bridgehead atoms. The molecule has 1 aromatic heterocycles. The van der Waals surface area contributed by atoms with E-state index >= 15 is 0 Å². The van der Waals surface area contributed by atoms with Crippen LogP contribution < -0.4 is 11.1 Å². The largest absolute Gasteiger partial charge is 0.370 e. The number of nitrogens with two attached hydrogens (primary N) is 1. The van der Waals surface area contributed by atoms with Crippen LogP contribution in [0.15, 0.2) is 35.6 Å². The third-order valence-electron chi connectivity index (χ3n) is 4.00. The van der Waals surface area contributed by atoms with Crippen LogP contribution in [0.5, 0.6) is 0 Å². The Hall–Kier alpha value is -2.37. The first-order chi connectivity index (χ1) is 10.8. The minimum absolute atomic E-state index is 0.484. The first kappa shape index (κ1) is 14.6. The highest BCUT2D eigenvalue weighted by atomic mass is 15.2. The molecule has 116 valence electrons. The molecule has 2 aromatic rings. The number of nitrogens with one attached hydrogen (secondary N) is 2. The van der Waals surface area contributed by atoms with E-state index in [1.807, 2.05) is 18.2 Å². The highest BCUT2D eigenvalue weighted by Gasteiger charge is 2.13. The molecular formula is C16H22N6. The fourth-order valence-corrected chi connectivity index (χ4v) is 2.84. The molecule has 1 aliphatic rings. The molecule has 0 amide bonds. The number of nitrogens with zero attached hydrogens (tertiary/aromatic N) is 3. The van der Waals surface area contributed by atoms with Crippen molar-refractivity contribution in [1.29, 1.82) is 0 Å². The molecule has 1 saturated carbocycles. The molecule has 0 atom stereocenters. The fraction of sp³-hybridized carbons (Fsp3) is 0.438. The zero-order chi connectivity index (χ0) is 15.2. The summed E-state index contributed by atoms with van der Waals surface area (Å²) in [5.74, 6) is 1.30. The molecule has 1 aromatic carbocycles. The molecule has 6 nitrogen and oxygen atoms in total. The lowest BCUT2D eigenvalue weighted by atomic mass is 9.96. The van der Waals surface area contributed by atoms with Crippen LogP contribution in [-0.4, -0.2) is 27.2 Å². The summed E-state index contributed by atoms with van der Waals surface area (Å²) in [5, 5.41) is 10.1. The van der Waals surface area contributed by atoms with Crippen molar-refractivity contribution in [2.75, 3.05) is 0 Å². The smallest absolute Gasteiger partial charge is 0.189 e. The Morgan fingerprint density at radius 3 is 2.95 bits per heavy atom. The number of benzene rings is 1. The number of H-pyrrole nitrogens is 1. The van der Waals surface area contributed by atoms with Crippen LogP contribution in [0, 0.1) is 0 Å². The van der Waals surface area contributed by atoms with Gasteiger partial charge < -0.3 is 11.1 Å². The van der Waals surface area contributed by atoms with Gasteiger partial charge in [-0.1, -0.05) is 37.5 Å². The maximum atomic E-state index is 6.00. The van der Waals surface area contributed by atoms with E-state index in [4.69, 9.17) is 5.73 Å². The lowest BCUT2D eigenvalue weighted by Gasteiger charge is -2.23. The van der Waals surface area contributed by atoms with E-state index in [1.54, 1.807) is 0 Å². The van der Waals surface area contributed by atoms with Crippen LogP contribution in [0.25, 0.3) is 11.4 Å². The van der Waals surface area contributed by atoms with Gasteiger partial charge in [-0.15, -0.1) is 0 Å². The molecule has 22 heavy (non-hydrogen) atoms. The standard InChI is InChI=1S/C16H22N6/c17-16(21-14-7-2-1-3-8-14)18-10-12-5-4-6-13(9-12)15-19-11-20-22-15/h4-6,9,11,14H,1-3,7-8,10H2,(H3,17,18,21)(H,19,20,22). The fourth-order valence-electron chi connectivity index (χ4n) is 2.84. The van der Waals surface area contributed by atoms with Gasteiger partial charge in [-0.25, -0.2) is 9.98 Å². The summed E-state index contributed by atoms with van der Waals surface area (Å²) in [6.45, 7) is 0.563. The number of aromatic nitrogens is 3. The molecule has 1 fully saturated rings. The van der Waals surface area contributed by atoms with Crippen LogP contribution in [0.2, 0.25) is 0 Å². The molecular weight excluding hydrogens is 276 g/mol. The first-order valence-electron chi connectivity index (χ1n) is 7.82. The Morgan fingerprint density at radius 1 is 1.32 bits per heavy atom. The van der Waals surface area contributed by atoms with Gasteiger partial charge in [-0.3, -0.25) is 5.10 Å². The summed E-state index contributed by atoms with van der Waals surface area (Å²) in [4.78, 5) is 8.61. The third kappa shape index (κ3) is 3.84. The molecule has 1 aliphatic carbocycles. The van der Waals surface area contributed by atoms with E-state index in [9.17, 15) is 0 Å². The molecule has 0 radical (unpaired) electrons. The Balaban J connectivity index is 1.60. The molecule has 0 saturated heterocycles. The minimum Gasteiger partial charge on any atom is -0.370 e. The van der Waals surface area contributed by atoms with Crippen molar-refractivity contribution in [3.63, 3.8) is 0 Å². The van der Waals surface area contributed by atoms with Gasteiger partial charge in [0, 0.05) is 11.6 Å². The van der Waals surface area contributed by atoms with Crippen LogP contribution >= 0.6 is 0 Å². The van der Waals surface area contributed by atoms with Gasteiger partial charge in [-0.05, 0) is 24.5 Å². The first-order valence-corrected chi connectivity index (χ1v) is 7.82. The van der Waals surface area contributed by atoms with Gasteiger partial charge in [0.05, 0.1) is 6.54 Å². The predicted octanol–water partition coefficient (Wildman–Crippen LogP) is 2.21. The molecule has 0 spiro atoms. The van der Waals surface area contributed by atoms with E-state index in [0.717, 1.165) is 17.0 Å². The third-order valence-corrected chi connectivity index (χ3v) is 4.00. The molecule has 4 N–H and O–H groups in total. The maximum Gasteiger partial charge on any atom is 0.189 e. The number of aromatic amines is 1. The molecule has 6 heteroatoms. The Kier molecular flexibility index (Phi) is 4.68. The molecule has 0 aliphatic heterocycles. The maximum absolute atomic E-state index is 6.00. The van der Waals surface area contributed by atoms with Crippen LogP contribution in [0.3, 0.4) is 0 Å². The summed E-state index contributed by atoms with van der Waals surface area (Å²) >= 11 is 0. The van der Waals surface area contributed by atoms with E-state index < -0.39 is 0 Å². The average molecular weight is 298 g/mol. The second kappa shape index (κ2) is 7.06. The number of hydrogen-bond acceptors (Lipinski definition) is 3. The number of guanidine groups is 1. The van der Waals surface area contributed by atoms with Gasteiger partial charge in [0.15, 0.2) is 11.8 Å². The quantitative estimate of drug-likeness (QED) is 0.596. The normalized spacial score (nSPS) is 16.6. The minimum atomic E-state index is 0.484. The Bertz CT molecular complexity index is 613. The summed E-state index contributed by atoms with van der Waals surface area (Å²) in [7, 11) is 0. The second-order valence-electron chi connectivity index (χ2n) is 5.72. The highest BCUT2D eigenvalue weighted by molar-refractivity contribution is 5.78. The van der Waals surface area contributed by atoms with Crippen molar-refractivity contribution in [3.8, 4) is 11.4 Å². The van der Waals surface area contributed by atoms with E-state index in [-0.39, 0.29) is 0 Å². The molecule has 3 rings (SSSR count). The molecule has 1 heterocycles. The molecule has 0 unspecified atom stereocenters. The summed E-state index contributed by atoms with van der Waals surface area (Å²) in [6, 6.07) is 8.57. The van der Waals surface area contributed by atoms with Gasteiger partial charge >= 0.3 is 0 Å². The van der Waals surface area contributed by atoms with Crippen LogP contribution in [0.1, 0.15) is 37.7 Å². The van der Waals surface area contributed by atoms with Gasteiger partial charge in [0.2, 0.25) is 0 Å². The van der Waals surface area contributed by atoms with Crippen molar-refractivity contribution in [1.82, 2.24) is 20.5 Å². The van der Waals surface area contributed by atoms with Crippen molar-refractivity contribution in [3.05, 3.63) is 36.2 Å². The number of aliphatic imine (C=N–C) groups is 1. The number of hydrogen-bond donors (Lipinski definition) is 3. The van der Waals surface area contributed by atoms with Crippen molar-refractivity contribution >= 4 is 5.96 Å². The summed E-state index contributed by atoms with van der Waals surface area (Å²) in [6.07, 6.45) is 7.79. The number of rotatable bonds is 4. The summed E-state index contributed by atoms with van der Waals surface area (Å²) < 4.78 is 0. The van der Waals surface area contributed by atoms with Crippen molar-refractivity contribution < 1.29 is 0 Å². The summed E-state index contributed by atoms with van der Waals surface area (Å²) in [5.41, 5.74) is 8.10. The van der Waals surface area contributed by atoms with Crippen LogP contribution in [0.4, 0.5) is 0 Å². The van der Waals surface area contributed by atoms with Crippen molar-refractivity contribution in [2.45, 2.75) is 44.7 Å². The average Bonchev–Trinajstić information content (AvgIpc) is 3.09. The second-order valence-corrected chi connectivity index (χ2v) is 5.72. The zero-order valence-corrected chi connectivity index (χ0v) is 12.6. The van der Waals surface area contributed by atoms with E-state index in [2.05, 4.69) is 31.6 Å². The zero-order valence-electron chi connectivity index (χ0n) is 12.6.